The van der Waals surface area contributed by atoms with E-state index >= 15 is 0 Å². The Hall–Kier alpha value is -0.670. The van der Waals surface area contributed by atoms with Crippen LogP contribution in [0.25, 0.3) is 0 Å². The molecule has 0 aromatic heterocycles. The van der Waals surface area contributed by atoms with Crippen molar-refractivity contribution in [2.24, 2.45) is 11.7 Å². The molecule has 0 spiro atoms. The lowest BCUT2D eigenvalue weighted by Crippen LogP contribution is -2.31. The van der Waals surface area contributed by atoms with Crippen molar-refractivity contribution >= 4 is 10.8 Å². The van der Waals surface area contributed by atoms with Crippen LogP contribution in [0.15, 0.2) is 24.3 Å². The highest BCUT2D eigenvalue weighted by Crippen LogP contribution is 2.28. The number of rotatable bonds is 4. The topological polar surface area (TPSA) is 43.1 Å². The Morgan fingerprint density at radius 1 is 1.21 bits per heavy atom. The smallest absolute Gasteiger partial charge is 0.0491 e. The van der Waals surface area contributed by atoms with Crippen LogP contribution in [0.5, 0.6) is 0 Å². The third-order valence-electron chi connectivity index (χ3n) is 4.29. The summed E-state index contributed by atoms with van der Waals surface area (Å²) in [6.45, 7) is 2.78. The van der Waals surface area contributed by atoms with E-state index in [1.54, 1.807) is 0 Å². The minimum atomic E-state index is -0.789. The monoisotopic (exact) mass is 279 g/mol. The van der Waals surface area contributed by atoms with E-state index in [-0.39, 0.29) is 0 Å². The highest BCUT2D eigenvalue weighted by molar-refractivity contribution is 7.84. The summed E-state index contributed by atoms with van der Waals surface area (Å²) >= 11 is 0. The molecule has 1 aliphatic carbocycles. The van der Waals surface area contributed by atoms with Gasteiger partial charge in [-0.25, -0.2) is 0 Å². The second-order valence-corrected chi connectivity index (χ2v) is 7.28. The van der Waals surface area contributed by atoms with E-state index in [4.69, 9.17) is 5.73 Å². The number of hydrogen-bond acceptors (Lipinski definition) is 2. The highest BCUT2D eigenvalue weighted by Gasteiger charge is 2.27. The molecule has 0 heterocycles. The fraction of sp³-hybridized carbons (Fsp3) is 0.625. The molecule has 3 heteroatoms. The van der Waals surface area contributed by atoms with Crippen molar-refractivity contribution in [2.75, 3.05) is 6.54 Å². The number of benzene rings is 1. The van der Waals surface area contributed by atoms with E-state index < -0.39 is 10.8 Å². The van der Waals surface area contributed by atoms with Gasteiger partial charge in [0.25, 0.3) is 0 Å². The lowest BCUT2D eigenvalue weighted by atomic mass is 10.0. The van der Waals surface area contributed by atoms with Crippen molar-refractivity contribution in [1.82, 2.24) is 0 Å². The summed E-state index contributed by atoms with van der Waals surface area (Å²) in [5.74, 6) is 1.14. The normalized spacial score (nSPS) is 25.8. The van der Waals surface area contributed by atoms with E-state index in [9.17, 15) is 4.21 Å². The zero-order chi connectivity index (χ0) is 13.7. The second-order valence-electron chi connectivity index (χ2n) is 5.62. The molecule has 0 radical (unpaired) electrons. The van der Waals surface area contributed by atoms with Crippen molar-refractivity contribution in [2.45, 2.75) is 50.0 Å². The quantitative estimate of drug-likeness (QED) is 0.860. The number of aryl methyl sites for hydroxylation is 1. The van der Waals surface area contributed by atoms with Gasteiger partial charge in [-0.2, -0.15) is 0 Å². The van der Waals surface area contributed by atoms with Crippen molar-refractivity contribution < 1.29 is 4.21 Å². The summed E-state index contributed by atoms with van der Waals surface area (Å²) < 4.78 is 12.7. The third kappa shape index (κ3) is 3.90. The molecule has 0 bridgehead atoms. The second kappa shape index (κ2) is 7.20. The van der Waals surface area contributed by atoms with Gasteiger partial charge in [0.2, 0.25) is 0 Å². The third-order valence-corrected chi connectivity index (χ3v) is 6.18. The molecule has 1 aliphatic rings. The molecule has 1 aromatic rings. The standard InChI is InChI=1S/C16H25NOS/c1-13-7-5-6-9-15(13)12-19(18)16-10-4-2-3-8-14(16)11-17/h5-7,9,14,16H,2-4,8,10-12,17H2,1H3. The van der Waals surface area contributed by atoms with Gasteiger partial charge in [0.15, 0.2) is 0 Å². The van der Waals surface area contributed by atoms with E-state index in [2.05, 4.69) is 19.1 Å². The van der Waals surface area contributed by atoms with Crippen LogP contribution in [0.4, 0.5) is 0 Å². The van der Waals surface area contributed by atoms with Gasteiger partial charge in [0.1, 0.15) is 0 Å². The van der Waals surface area contributed by atoms with Crippen LogP contribution in [0.1, 0.15) is 43.2 Å². The molecule has 0 aliphatic heterocycles. The van der Waals surface area contributed by atoms with Gasteiger partial charge in [-0.1, -0.05) is 43.5 Å². The van der Waals surface area contributed by atoms with Crippen molar-refractivity contribution in [3.8, 4) is 0 Å². The summed E-state index contributed by atoms with van der Waals surface area (Å²) in [6, 6.07) is 8.27. The summed E-state index contributed by atoms with van der Waals surface area (Å²) in [5.41, 5.74) is 8.36. The van der Waals surface area contributed by atoms with Gasteiger partial charge >= 0.3 is 0 Å². The first-order chi connectivity index (χ1) is 9.22. The van der Waals surface area contributed by atoms with Crippen LogP contribution in [-0.2, 0) is 16.6 Å². The van der Waals surface area contributed by atoms with Gasteiger partial charge in [0, 0.05) is 21.8 Å². The molecule has 2 N–H and O–H groups in total. The number of hydrogen-bond donors (Lipinski definition) is 1. The van der Waals surface area contributed by atoms with Crippen LogP contribution < -0.4 is 5.73 Å². The highest BCUT2D eigenvalue weighted by atomic mass is 32.2. The average molecular weight is 279 g/mol. The van der Waals surface area contributed by atoms with Gasteiger partial charge in [0.05, 0.1) is 0 Å². The van der Waals surface area contributed by atoms with Crippen LogP contribution in [0.2, 0.25) is 0 Å². The fourth-order valence-corrected chi connectivity index (χ4v) is 4.95. The Balaban J connectivity index is 2.07. The first kappa shape index (κ1) is 14.7. The first-order valence-corrected chi connectivity index (χ1v) is 8.72. The average Bonchev–Trinajstić information content (AvgIpc) is 2.66. The van der Waals surface area contributed by atoms with E-state index in [1.807, 2.05) is 12.1 Å². The maximum atomic E-state index is 12.7. The lowest BCUT2D eigenvalue weighted by Gasteiger charge is -2.23. The van der Waals surface area contributed by atoms with Crippen LogP contribution >= 0.6 is 0 Å². The van der Waals surface area contributed by atoms with Crippen molar-refractivity contribution in [1.29, 1.82) is 0 Å². The van der Waals surface area contributed by atoms with Crippen LogP contribution in [-0.4, -0.2) is 16.0 Å². The van der Waals surface area contributed by atoms with Gasteiger partial charge in [-0.3, -0.25) is 4.21 Å². The molecule has 2 nitrogen and oxygen atoms in total. The molecule has 1 saturated carbocycles. The molecule has 106 valence electrons. The predicted molar refractivity (Wildman–Crippen MR) is 82.4 cm³/mol. The van der Waals surface area contributed by atoms with Crippen molar-refractivity contribution in [3.63, 3.8) is 0 Å². The molecule has 2 rings (SSSR count). The van der Waals surface area contributed by atoms with Gasteiger partial charge in [-0.05, 0) is 43.4 Å². The van der Waals surface area contributed by atoms with Crippen LogP contribution in [0, 0.1) is 12.8 Å². The summed E-state index contributed by atoms with van der Waals surface area (Å²) in [5, 5.41) is 0.298. The zero-order valence-corrected chi connectivity index (χ0v) is 12.6. The van der Waals surface area contributed by atoms with Gasteiger partial charge in [-0.15, -0.1) is 0 Å². The Morgan fingerprint density at radius 3 is 2.68 bits per heavy atom. The summed E-state index contributed by atoms with van der Waals surface area (Å²) in [4.78, 5) is 0. The first-order valence-electron chi connectivity index (χ1n) is 7.34. The zero-order valence-electron chi connectivity index (χ0n) is 11.8. The Bertz CT molecular complexity index is 433. The molecule has 3 atom stereocenters. The molecule has 1 fully saturated rings. The van der Waals surface area contributed by atoms with Crippen LogP contribution in [0.3, 0.4) is 0 Å². The molecular formula is C16H25NOS. The van der Waals surface area contributed by atoms with E-state index in [0.29, 0.717) is 23.5 Å². The largest absolute Gasteiger partial charge is 0.330 e. The maximum Gasteiger partial charge on any atom is 0.0491 e. The fourth-order valence-electron chi connectivity index (χ4n) is 3.00. The maximum absolute atomic E-state index is 12.7. The molecule has 1 aromatic carbocycles. The number of nitrogens with two attached hydrogens (primary N) is 1. The Labute approximate surface area is 119 Å². The minimum Gasteiger partial charge on any atom is -0.330 e. The van der Waals surface area contributed by atoms with E-state index in [1.165, 1.54) is 30.4 Å². The van der Waals surface area contributed by atoms with Gasteiger partial charge < -0.3 is 5.73 Å². The summed E-state index contributed by atoms with van der Waals surface area (Å²) in [6.07, 6.45) is 5.97. The molecular weight excluding hydrogens is 254 g/mol. The van der Waals surface area contributed by atoms with E-state index in [0.717, 1.165) is 12.8 Å². The molecule has 3 unspecified atom stereocenters. The lowest BCUT2D eigenvalue weighted by molar-refractivity contribution is 0.473. The minimum absolute atomic E-state index is 0.298. The van der Waals surface area contributed by atoms with Crippen molar-refractivity contribution in [3.05, 3.63) is 35.4 Å². The molecule has 0 saturated heterocycles. The molecule has 0 amide bonds. The summed E-state index contributed by atoms with van der Waals surface area (Å²) in [7, 11) is -0.789. The Kier molecular flexibility index (Phi) is 5.59. The molecule has 19 heavy (non-hydrogen) atoms. The SMILES string of the molecule is Cc1ccccc1CS(=O)C1CCCCCC1CN. The predicted octanol–water partition coefficient (Wildman–Crippen LogP) is 3.15. The Morgan fingerprint density at radius 2 is 1.95 bits per heavy atom.